The summed E-state index contributed by atoms with van der Waals surface area (Å²) in [4.78, 5) is 25.0. The van der Waals surface area contributed by atoms with Gasteiger partial charge in [0.2, 0.25) is 0 Å². The predicted octanol–water partition coefficient (Wildman–Crippen LogP) is -0.358. The van der Waals surface area contributed by atoms with Gasteiger partial charge in [-0.2, -0.15) is 0 Å². The number of carboxylic acid groups (broad SMARTS) is 1. The molecule has 2 aliphatic rings. The minimum absolute atomic E-state index is 0.00336. The summed E-state index contributed by atoms with van der Waals surface area (Å²) in [5.74, 6) is -1.00. The van der Waals surface area contributed by atoms with E-state index in [0.717, 1.165) is 12.8 Å². The van der Waals surface area contributed by atoms with E-state index in [4.69, 9.17) is 9.84 Å². The van der Waals surface area contributed by atoms with Crippen LogP contribution in [0.2, 0.25) is 0 Å². The molecule has 7 nitrogen and oxygen atoms in total. The maximum absolute atomic E-state index is 12.1. The summed E-state index contributed by atoms with van der Waals surface area (Å²) in [6, 6.07) is -0.404. The maximum Gasteiger partial charge on any atom is 0.329 e. The lowest BCUT2D eigenvalue weighted by atomic mass is 9.96. The number of nitrogens with zero attached hydrogens (tertiary/aromatic N) is 1. The molecule has 2 rings (SSSR count). The highest BCUT2D eigenvalue weighted by molar-refractivity contribution is 5.86. The molecule has 19 heavy (non-hydrogen) atoms. The highest BCUT2D eigenvalue weighted by Crippen LogP contribution is 2.39. The van der Waals surface area contributed by atoms with Crippen molar-refractivity contribution in [2.45, 2.75) is 31.4 Å². The van der Waals surface area contributed by atoms with Gasteiger partial charge in [0.05, 0.1) is 25.9 Å². The molecule has 0 aromatic rings. The van der Waals surface area contributed by atoms with Gasteiger partial charge < -0.3 is 25.2 Å². The Morgan fingerprint density at radius 1 is 1.47 bits per heavy atom. The summed E-state index contributed by atoms with van der Waals surface area (Å²) in [5.41, 5.74) is -1.20. The Balaban J connectivity index is 1.97. The molecule has 2 atom stereocenters. The molecule has 7 heteroatoms. The standard InChI is InChI=1S/C12H20N2O5/c1-12(10(16)17,8-2-3-8)13-11(18)14-4-5-19-9(6-14)7-15/h8-9,15H,2-7H2,1H3,(H,13,18)(H,16,17). The molecular formula is C12H20N2O5. The Kier molecular flexibility index (Phi) is 3.96. The van der Waals surface area contributed by atoms with E-state index < -0.39 is 23.6 Å². The van der Waals surface area contributed by atoms with Gasteiger partial charge in [-0.1, -0.05) is 0 Å². The van der Waals surface area contributed by atoms with E-state index in [9.17, 15) is 14.7 Å². The summed E-state index contributed by atoms with van der Waals surface area (Å²) in [7, 11) is 0. The smallest absolute Gasteiger partial charge is 0.329 e. The minimum atomic E-state index is -1.20. The van der Waals surface area contributed by atoms with E-state index in [1.54, 1.807) is 6.92 Å². The summed E-state index contributed by atoms with van der Waals surface area (Å²) in [6.07, 6.45) is 1.26. The molecule has 0 radical (unpaired) electrons. The minimum Gasteiger partial charge on any atom is -0.480 e. The third-order valence-electron chi connectivity index (χ3n) is 3.83. The molecule has 108 valence electrons. The van der Waals surface area contributed by atoms with E-state index in [0.29, 0.717) is 13.2 Å². The van der Waals surface area contributed by atoms with Crippen LogP contribution in [0.5, 0.6) is 0 Å². The number of carboxylic acids is 1. The number of hydrogen-bond donors (Lipinski definition) is 3. The Bertz CT molecular complexity index is 371. The van der Waals surface area contributed by atoms with Crippen molar-refractivity contribution >= 4 is 12.0 Å². The summed E-state index contributed by atoms with van der Waals surface area (Å²) in [5, 5.41) is 20.9. The molecule has 0 bridgehead atoms. The van der Waals surface area contributed by atoms with Crippen molar-refractivity contribution in [3.05, 3.63) is 0 Å². The number of aliphatic carboxylic acids is 1. The zero-order valence-electron chi connectivity index (χ0n) is 11.0. The molecule has 1 saturated heterocycles. The zero-order valence-corrected chi connectivity index (χ0v) is 11.0. The van der Waals surface area contributed by atoms with Crippen LogP contribution in [0.3, 0.4) is 0 Å². The third kappa shape index (κ3) is 2.98. The third-order valence-corrected chi connectivity index (χ3v) is 3.83. The molecule has 1 aliphatic heterocycles. The van der Waals surface area contributed by atoms with Crippen LogP contribution in [0, 0.1) is 5.92 Å². The van der Waals surface area contributed by atoms with E-state index >= 15 is 0 Å². The monoisotopic (exact) mass is 272 g/mol. The molecule has 0 spiro atoms. The Labute approximate surface area is 111 Å². The second kappa shape index (κ2) is 5.34. The molecule has 1 aliphatic carbocycles. The summed E-state index contributed by atoms with van der Waals surface area (Å²) >= 11 is 0. The second-order valence-corrected chi connectivity index (χ2v) is 5.33. The van der Waals surface area contributed by atoms with Crippen LogP contribution in [-0.2, 0) is 9.53 Å². The average molecular weight is 272 g/mol. The molecule has 0 aromatic heterocycles. The number of ether oxygens (including phenoxy) is 1. The van der Waals surface area contributed by atoms with E-state index in [1.807, 2.05) is 0 Å². The largest absolute Gasteiger partial charge is 0.480 e. The fourth-order valence-electron chi connectivity index (χ4n) is 2.31. The van der Waals surface area contributed by atoms with Crippen LogP contribution in [0.15, 0.2) is 0 Å². The van der Waals surface area contributed by atoms with Gasteiger partial charge in [-0.3, -0.25) is 0 Å². The van der Waals surface area contributed by atoms with Crippen molar-refractivity contribution in [3.63, 3.8) is 0 Å². The molecule has 1 heterocycles. The molecule has 3 N–H and O–H groups in total. The lowest BCUT2D eigenvalue weighted by Crippen LogP contribution is -2.60. The second-order valence-electron chi connectivity index (χ2n) is 5.33. The average Bonchev–Trinajstić information content (AvgIpc) is 3.23. The van der Waals surface area contributed by atoms with Crippen LogP contribution in [0.4, 0.5) is 4.79 Å². The first kappa shape index (κ1) is 14.1. The van der Waals surface area contributed by atoms with Crippen LogP contribution < -0.4 is 5.32 Å². The number of amides is 2. The van der Waals surface area contributed by atoms with E-state index in [1.165, 1.54) is 4.90 Å². The number of hydrogen-bond acceptors (Lipinski definition) is 4. The highest BCUT2D eigenvalue weighted by atomic mass is 16.5. The van der Waals surface area contributed by atoms with Crippen molar-refractivity contribution in [2.75, 3.05) is 26.3 Å². The predicted molar refractivity (Wildman–Crippen MR) is 65.7 cm³/mol. The van der Waals surface area contributed by atoms with Gasteiger partial charge in [-0.15, -0.1) is 0 Å². The number of morpholine rings is 1. The van der Waals surface area contributed by atoms with Gasteiger partial charge in [0.15, 0.2) is 0 Å². The quantitative estimate of drug-likeness (QED) is 0.649. The van der Waals surface area contributed by atoms with Crippen LogP contribution in [0.1, 0.15) is 19.8 Å². The number of aliphatic hydroxyl groups excluding tert-OH is 1. The fraction of sp³-hybridized carbons (Fsp3) is 0.833. The van der Waals surface area contributed by atoms with Crippen molar-refractivity contribution in [1.29, 1.82) is 0 Å². The number of aliphatic hydroxyl groups is 1. The zero-order chi connectivity index (χ0) is 14.0. The number of nitrogens with one attached hydrogen (secondary N) is 1. The van der Waals surface area contributed by atoms with Crippen molar-refractivity contribution in [3.8, 4) is 0 Å². The fourth-order valence-corrected chi connectivity index (χ4v) is 2.31. The molecular weight excluding hydrogens is 252 g/mol. The van der Waals surface area contributed by atoms with Crippen molar-refractivity contribution < 1.29 is 24.5 Å². The first-order valence-electron chi connectivity index (χ1n) is 6.50. The lowest BCUT2D eigenvalue weighted by Gasteiger charge is -2.35. The summed E-state index contributed by atoms with van der Waals surface area (Å²) in [6.45, 7) is 2.44. The molecule has 1 saturated carbocycles. The SMILES string of the molecule is CC(NC(=O)N1CCOC(CO)C1)(C(=O)O)C1CC1. The highest BCUT2D eigenvalue weighted by Gasteiger charge is 2.49. The normalized spacial score (nSPS) is 26.6. The van der Waals surface area contributed by atoms with E-state index in [2.05, 4.69) is 5.32 Å². The van der Waals surface area contributed by atoms with Gasteiger partial charge in [-0.05, 0) is 25.7 Å². The molecule has 2 fully saturated rings. The Hall–Kier alpha value is -1.34. The Morgan fingerprint density at radius 2 is 2.16 bits per heavy atom. The van der Waals surface area contributed by atoms with Crippen LogP contribution in [-0.4, -0.2) is 65.1 Å². The number of urea groups is 1. The summed E-state index contributed by atoms with van der Waals surface area (Å²) < 4.78 is 5.26. The maximum atomic E-state index is 12.1. The first-order valence-corrected chi connectivity index (χ1v) is 6.50. The Morgan fingerprint density at radius 3 is 2.68 bits per heavy atom. The van der Waals surface area contributed by atoms with Gasteiger partial charge in [-0.25, -0.2) is 9.59 Å². The van der Waals surface area contributed by atoms with E-state index in [-0.39, 0.29) is 19.1 Å². The molecule has 2 unspecified atom stereocenters. The van der Waals surface area contributed by atoms with Gasteiger partial charge in [0.25, 0.3) is 0 Å². The number of carbonyl (C=O) groups is 2. The molecule has 2 amide bonds. The van der Waals surface area contributed by atoms with Crippen molar-refractivity contribution in [2.24, 2.45) is 5.92 Å². The molecule has 0 aromatic carbocycles. The lowest BCUT2D eigenvalue weighted by molar-refractivity contribution is -0.144. The van der Waals surface area contributed by atoms with Crippen molar-refractivity contribution in [1.82, 2.24) is 10.2 Å². The van der Waals surface area contributed by atoms with Gasteiger partial charge >= 0.3 is 12.0 Å². The first-order chi connectivity index (χ1) is 8.97. The number of rotatable bonds is 4. The topological polar surface area (TPSA) is 99.1 Å². The number of carbonyl (C=O) groups excluding carboxylic acids is 1. The van der Waals surface area contributed by atoms with Gasteiger partial charge in [0, 0.05) is 6.54 Å². The van der Waals surface area contributed by atoms with Gasteiger partial charge in [0.1, 0.15) is 5.54 Å². The van der Waals surface area contributed by atoms with Crippen LogP contribution >= 0.6 is 0 Å². The van der Waals surface area contributed by atoms with Crippen LogP contribution in [0.25, 0.3) is 0 Å².